The van der Waals surface area contributed by atoms with Crippen LogP contribution < -0.4 is 0 Å². The Labute approximate surface area is 160 Å². The number of imidazole rings is 1. The number of aromatic nitrogens is 2. The Morgan fingerprint density at radius 2 is 1.74 bits per heavy atom. The van der Waals surface area contributed by atoms with Gasteiger partial charge in [-0.15, -0.1) is 0 Å². The minimum atomic E-state index is -3.09. The summed E-state index contributed by atoms with van der Waals surface area (Å²) in [6.07, 6.45) is 5.25. The smallest absolute Gasteiger partial charge is 0.216 e. The largest absolute Gasteiger partial charge is 0.325 e. The van der Waals surface area contributed by atoms with Crippen molar-refractivity contribution in [2.75, 3.05) is 26.7 Å². The van der Waals surface area contributed by atoms with Gasteiger partial charge >= 0.3 is 0 Å². The van der Waals surface area contributed by atoms with Crippen LogP contribution in [0.15, 0.2) is 36.5 Å². The Bertz CT molecular complexity index is 942. The molecule has 27 heavy (non-hydrogen) atoms. The number of rotatable bonds is 3. The fraction of sp³-hybridized carbons (Fsp3) is 0.550. The van der Waals surface area contributed by atoms with Gasteiger partial charge in [0.05, 0.1) is 22.7 Å². The summed E-state index contributed by atoms with van der Waals surface area (Å²) in [5.41, 5.74) is 2.18. The van der Waals surface area contributed by atoms with Gasteiger partial charge < -0.3 is 4.57 Å². The van der Waals surface area contributed by atoms with Gasteiger partial charge in [-0.05, 0) is 38.3 Å². The summed E-state index contributed by atoms with van der Waals surface area (Å²) in [6.45, 7) is 3.06. The van der Waals surface area contributed by atoms with Crippen molar-refractivity contribution in [3.05, 3.63) is 42.4 Å². The molecular formula is C20H26N4O2S. The number of nitrogens with zero attached hydrogens (tertiary/aromatic N) is 4. The highest BCUT2D eigenvalue weighted by molar-refractivity contribution is 7.90. The molecule has 1 aliphatic carbocycles. The monoisotopic (exact) mass is 386 g/mol. The molecule has 5 rings (SSSR count). The number of fused-ring (bicyclic) bond motifs is 2. The highest BCUT2D eigenvalue weighted by atomic mass is 32.2. The molecule has 2 fully saturated rings. The van der Waals surface area contributed by atoms with E-state index in [9.17, 15) is 8.42 Å². The van der Waals surface area contributed by atoms with Gasteiger partial charge in [0.1, 0.15) is 5.82 Å². The standard InChI is InChI=1S/C20H26N4O2S/c1-22-13-14-24-18(16-5-3-2-4-6-16)15-21-19(24)20(22)9-11-23(12-10-20)27(25,26)17-7-8-17/h2-6,15,17H,7-14H2,1H3. The summed E-state index contributed by atoms with van der Waals surface area (Å²) >= 11 is 0. The van der Waals surface area contributed by atoms with Gasteiger partial charge in [-0.3, -0.25) is 4.90 Å². The van der Waals surface area contributed by atoms with E-state index in [1.165, 1.54) is 5.56 Å². The van der Waals surface area contributed by atoms with Crippen LogP contribution in [-0.2, 0) is 22.1 Å². The van der Waals surface area contributed by atoms with Gasteiger partial charge in [-0.2, -0.15) is 0 Å². The van der Waals surface area contributed by atoms with Crippen molar-refractivity contribution in [2.45, 2.75) is 43.0 Å². The van der Waals surface area contributed by atoms with E-state index in [1.807, 2.05) is 12.3 Å². The summed E-state index contributed by atoms with van der Waals surface area (Å²) in [5, 5.41) is -0.123. The third-order valence-corrected chi connectivity index (χ3v) is 8.98. The van der Waals surface area contributed by atoms with Crippen LogP contribution in [0.5, 0.6) is 0 Å². The molecule has 3 aliphatic rings. The van der Waals surface area contributed by atoms with E-state index < -0.39 is 10.0 Å². The van der Waals surface area contributed by atoms with Crippen molar-refractivity contribution < 1.29 is 8.42 Å². The van der Waals surface area contributed by atoms with Crippen LogP contribution >= 0.6 is 0 Å². The molecule has 6 nitrogen and oxygen atoms in total. The molecule has 0 atom stereocenters. The Morgan fingerprint density at radius 3 is 2.41 bits per heavy atom. The van der Waals surface area contributed by atoms with E-state index in [4.69, 9.17) is 4.98 Å². The summed E-state index contributed by atoms with van der Waals surface area (Å²) < 4.78 is 29.3. The molecule has 1 spiro atoms. The van der Waals surface area contributed by atoms with Crippen LogP contribution in [0.25, 0.3) is 11.3 Å². The van der Waals surface area contributed by atoms with E-state index in [0.717, 1.165) is 50.3 Å². The number of piperidine rings is 1. The van der Waals surface area contributed by atoms with Gasteiger partial charge in [0, 0.05) is 26.2 Å². The molecule has 2 aliphatic heterocycles. The molecule has 3 heterocycles. The zero-order chi connectivity index (χ0) is 18.6. The van der Waals surface area contributed by atoms with E-state index in [1.54, 1.807) is 4.31 Å². The lowest BCUT2D eigenvalue weighted by Gasteiger charge is -2.49. The fourth-order valence-electron chi connectivity index (χ4n) is 4.74. The molecule has 7 heteroatoms. The first kappa shape index (κ1) is 17.4. The van der Waals surface area contributed by atoms with E-state index in [-0.39, 0.29) is 10.8 Å². The highest BCUT2D eigenvalue weighted by Crippen LogP contribution is 2.43. The predicted octanol–water partition coefficient (Wildman–Crippen LogP) is 2.28. The minimum absolute atomic E-state index is 0.123. The summed E-state index contributed by atoms with van der Waals surface area (Å²) in [4.78, 5) is 7.24. The van der Waals surface area contributed by atoms with Gasteiger partial charge in [-0.25, -0.2) is 17.7 Å². The molecule has 0 radical (unpaired) electrons. The van der Waals surface area contributed by atoms with Crippen LogP contribution in [0.4, 0.5) is 0 Å². The number of benzene rings is 1. The molecule has 0 amide bonds. The Morgan fingerprint density at radius 1 is 1.04 bits per heavy atom. The number of hydrogen-bond acceptors (Lipinski definition) is 4. The molecule has 0 unspecified atom stereocenters. The van der Waals surface area contributed by atoms with Gasteiger partial charge in [0.2, 0.25) is 10.0 Å². The van der Waals surface area contributed by atoms with Crippen LogP contribution in [0, 0.1) is 0 Å². The van der Waals surface area contributed by atoms with Crippen molar-refractivity contribution in [2.24, 2.45) is 0 Å². The maximum absolute atomic E-state index is 12.6. The van der Waals surface area contributed by atoms with Crippen LogP contribution in [0.2, 0.25) is 0 Å². The molecule has 1 aromatic carbocycles. The molecule has 0 bridgehead atoms. The molecule has 144 valence electrons. The van der Waals surface area contributed by atoms with Crippen LogP contribution in [-0.4, -0.2) is 59.1 Å². The molecular weight excluding hydrogens is 360 g/mol. The van der Waals surface area contributed by atoms with E-state index in [0.29, 0.717) is 13.1 Å². The minimum Gasteiger partial charge on any atom is -0.325 e. The Balaban J connectivity index is 1.47. The Kier molecular flexibility index (Phi) is 3.97. The molecule has 1 saturated carbocycles. The first-order valence-corrected chi connectivity index (χ1v) is 11.3. The lowest BCUT2D eigenvalue weighted by atomic mass is 9.84. The zero-order valence-corrected chi connectivity index (χ0v) is 16.5. The molecule has 1 aromatic heterocycles. The van der Waals surface area contributed by atoms with Crippen molar-refractivity contribution in [3.63, 3.8) is 0 Å². The first-order valence-electron chi connectivity index (χ1n) is 9.84. The van der Waals surface area contributed by atoms with Crippen LogP contribution in [0.1, 0.15) is 31.5 Å². The third-order valence-electron chi connectivity index (χ3n) is 6.59. The molecule has 2 aromatic rings. The highest BCUT2D eigenvalue weighted by Gasteiger charge is 2.49. The number of hydrogen-bond donors (Lipinski definition) is 0. The normalized spacial score (nSPS) is 23.4. The maximum Gasteiger partial charge on any atom is 0.216 e. The fourth-order valence-corrected chi connectivity index (χ4v) is 6.59. The SMILES string of the molecule is CN1CCn2c(-c3ccccc3)cnc2C12CCN(S(=O)(=O)C1CC1)CC2. The molecule has 1 saturated heterocycles. The predicted molar refractivity (Wildman–Crippen MR) is 105 cm³/mol. The first-order chi connectivity index (χ1) is 13.0. The maximum atomic E-state index is 12.6. The topological polar surface area (TPSA) is 58.4 Å². The van der Waals surface area contributed by atoms with E-state index >= 15 is 0 Å². The second-order valence-electron chi connectivity index (χ2n) is 8.08. The van der Waals surface area contributed by atoms with Crippen molar-refractivity contribution in [3.8, 4) is 11.3 Å². The van der Waals surface area contributed by atoms with Crippen molar-refractivity contribution in [1.82, 2.24) is 18.8 Å². The van der Waals surface area contributed by atoms with Gasteiger partial charge in [0.25, 0.3) is 0 Å². The number of sulfonamides is 1. The van der Waals surface area contributed by atoms with Crippen molar-refractivity contribution >= 4 is 10.0 Å². The second kappa shape index (κ2) is 6.15. The lowest BCUT2D eigenvalue weighted by Crippen LogP contribution is -2.57. The summed E-state index contributed by atoms with van der Waals surface area (Å²) in [6, 6.07) is 10.4. The van der Waals surface area contributed by atoms with E-state index in [2.05, 4.69) is 40.8 Å². The average Bonchev–Trinajstić information content (AvgIpc) is 3.46. The third kappa shape index (κ3) is 2.67. The van der Waals surface area contributed by atoms with Gasteiger partial charge in [-0.1, -0.05) is 30.3 Å². The Hall–Kier alpha value is -1.70. The van der Waals surface area contributed by atoms with Crippen LogP contribution in [0.3, 0.4) is 0 Å². The van der Waals surface area contributed by atoms with Gasteiger partial charge in [0.15, 0.2) is 0 Å². The summed E-state index contributed by atoms with van der Waals surface area (Å²) in [5.74, 6) is 1.10. The van der Waals surface area contributed by atoms with Crippen molar-refractivity contribution in [1.29, 1.82) is 0 Å². The quantitative estimate of drug-likeness (QED) is 0.812. The zero-order valence-electron chi connectivity index (χ0n) is 15.7. The second-order valence-corrected chi connectivity index (χ2v) is 10.3. The number of likely N-dealkylation sites (N-methyl/N-ethyl adjacent to an activating group) is 1. The average molecular weight is 387 g/mol. The molecule has 0 N–H and O–H groups in total. The summed E-state index contributed by atoms with van der Waals surface area (Å²) in [7, 11) is -0.931. The lowest BCUT2D eigenvalue weighted by molar-refractivity contribution is 0.0274.